The van der Waals surface area contributed by atoms with E-state index in [9.17, 15) is 0 Å². The van der Waals surface area contributed by atoms with Crippen LogP contribution in [0, 0.1) is 5.92 Å². The lowest BCUT2D eigenvalue weighted by atomic mass is 9.85. The summed E-state index contributed by atoms with van der Waals surface area (Å²) >= 11 is 6.74. The predicted octanol–water partition coefficient (Wildman–Crippen LogP) is 9.95. The van der Waals surface area contributed by atoms with Crippen LogP contribution >= 0.6 is 11.6 Å². The van der Waals surface area contributed by atoms with E-state index in [2.05, 4.69) is 93.3 Å². The van der Waals surface area contributed by atoms with E-state index < -0.39 is 0 Å². The fraction of sp³-hybridized carbons (Fsp3) is 0.294. The number of benzene rings is 2. The lowest BCUT2D eigenvalue weighted by Crippen LogP contribution is -2.12. The summed E-state index contributed by atoms with van der Waals surface area (Å²) < 4.78 is 6.53. The van der Waals surface area contributed by atoms with Crippen molar-refractivity contribution < 1.29 is 4.74 Å². The van der Waals surface area contributed by atoms with E-state index in [0.717, 1.165) is 78.2 Å². The van der Waals surface area contributed by atoms with Crippen molar-refractivity contribution in [2.75, 3.05) is 0 Å². The van der Waals surface area contributed by atoms with Gasteiger partial charge < -0.3 is 4.74 Å². The first-order valence-corrected chi connectivity index (χ1v) is 13.7. The Morgan fingerprint density at radius 2 is 1.89 bits per heavy atom. The van der Waals surface area contributed by atoms with E-state index in [0.29, 0.717) is 5.92 Å². The molecule has 0 aromatic heterocycles. The molecule has 0 amide bonds. The van der Waals surface area contributed by atoms with Gasteiger partial charge in [-0.15, -0.1) is 0 Å². The highest BCUT2D eigenvalue weighted by Crippen LogP contribution is 2.40. The van der Waals surface area contributed by atoms with Crippen LogP contribution < -0.4 is 0 Å². The summed E-state index contributed by atoms with van der Waals surface area (Å²) in [6.07, 6.45) is 20.8. The van der Waals surface area contributed by atoms with Gasteiger partial charge >= 0.3 is 0 Å². The Hall–Kier alpha value is -3.03. The number of rotatable bonds is 6. The third-order valence-corrected chi connectivity index (χ3v) is 7.65. The molecule has 184 valence electrons. The Balaban J connectivity index is 1.55. The van der Waals surface area contributed by atoms with Crippen LogP contribution in [0.1, 0.15) is 62.6 Å². The van der Waals surface area contributed by atoms with Gasteiger partial charge in [0, 0.05) is 22.6 Å². The standard InChI is InChI=1S/C34H35ClO/c1-4-10-31-25(5-2)13-9-14-32(31)27-20-28(22-29(35)21-27)33-18-16-24-15-17-30(23(3)36-34(33)19-24)26-11-7-6-8-12-26/h7,9,11-14,16-18,20-22,24H,3-6,8,10,15,19H2,1-2H3. The molecule has 2 bridgehead atoms. The van der Waals surface area contributed by atoms with E-state index in [4.69, 9.17) is 16.3 Å². The zero-order valence-corrected chi connectivity index (χ0v) is 22.2. The van der Waals surface area contributed by atoms with Gasteiger partial charge in [-0.3, -0.25) is 0 Å². The second kappa shape index (κ2) is 10.9. The topological polar surface area (TPSA) is 9.23 Å². The molecule has 0 N–H and O–H groups in total. The fourth-order valence-electron chi connectivity index (χ4n) is 5.62. The van der Waals surface area contributed by atoms with Crippen LogP contribution in [0.5, 0.6) is 0 Å². The maximum absolute atomic E-state index is 6.74. The molecule has 0 spiro atoms. The zero-order chi connectivity index (χ0) is 25.1. The summed E-state index contributed by atoms with van der Waals surface area (Å²) in [6.45, 7) is 8.81. The molecule has 0 saturated carbocycles. The summed E-state index contributed by atoms with van der Waals surface area (Å²) in [7, 11) is 0. The van der Waals surface area contributed by atoms with Gasteiger partial charge in [-0.1, -0.05) is 93.1 Å². The average molecular weight is 495 g/mol. The number of halogens is 1. The molecule has 1 atom stereocenters. The van der Waals surface area contributed by atoms with Crippen LogP contribution in [0.2, 0.25) is 5.02 Å². The molecule has 2 aromatic rings. The summed E-state index contributed by atoms with van der Waals surface area (Å²) in [5, 5.41) is 0.748. The number of fused-ring (bicyclic) bond motifs is 2. The fourth-order valence-corrected chi connectivity index (χ4v) is 5.85. The molecule has 3 aliphatic rings. The quantitative estimate of drug-likeness (QED) is 0.388. The van der Waals surface area contributed by atoms with Crippen molar-refractivity contribution in [1.29, 1.82) is 0 Å². The minimum absolute atomic E-state index is 0.427. The minimum atomic E-state index is 0.427. The maximum Gasteiger partial charge on any atom is 0.127 e. The molecule has 0 fully saturated rings. The van der Waals surface area contributed by atoms with E-state index in [1.807, 2.05) is 0 Å². The first-order valence-electron chi connectivity index (χ1n) is 13.3. The van der Waals surface area contributed by atoms with Gasteiger partial charge in [-0.05, 0) is 89.6 Å². The Kier molecular flexibility index (Phi) is 7.48. The van der Waals surface area contributed by atoms with Crippen molar-refractivity contribution in [1.82, 2.24) is 0 Å². The number of aryl methyl sites for hydroxylation is 1. The minimum Gasteiger partial charge on any atom is -0.461 e. The van der Waals surface area contributed by atoms with Crippen LogP contribution in [0.15, 0.2) is 102 Å². The van der Waals surface area contributed by atoms with Gasteiger partial charge in [0.1, 0.15) is 11.5 Å². The average Bonchev–Trinajstić information content (AvgIpc) is 2.89. The van der Waals surface area contributed by atoms with Gasteiger partial charge in [-0.2, -0.15) is 0 Å². The molecule has 36 heavy (non-hydrogen) atoms. The smallest absolute Gasteiger partial charge is 0.127 e. The Labute approximate surface area is 221 Å². The van der Waals surface area contributed by atoms with Gasteiger partial charge in [0.2, 0.25) is 0 Å². The van der Waals surface area contributed by atoms with Crippen LogP contribution in [-0.2, 0) is 17.6 Å². The van der Waals surface area contributed by atoms with E-state index in [1.165, 1.54) is 27.8 Å². The Morgan fingerprint density at radius 3 is 2.67 bits per heavy atom. The predicted molar refractivity (Wildman–Crippen MR) is 154 cm³/mol. The second-order valence-corrected chi connectivity index (χ2v) is 10.4. The van der Waals surface area contributed by atoms with Crippen molar-refractivity contribution in [2.45, 2.75) is 58.8 Å². The molecule has 5 rings (SSSR count). The molecule has 2 heteroatoms. The normalized spacial score (nSPS) is 19.4. The van der Waals surface area contributed by atoms with Crippen LogP contribution in [-0.4, -0.2) is 0 Å². The van der Waals surface area contributed by atoms with Crippen molar-refractivity contribution >= 4 is 17.2 Å². The third kappa shape index (κ3) is 5.08. The molecule has 0 saturated heterocycles. The highest BCUT2D eigenvalue weighted by atomic mass is 35.5. The first-order chi connectivity index (χ1) is 17.6. The van der Waals surface area contributed by atoms with Gasteiger partial charge in [-0.25, -0.2) is 0 Å². The maximum atomic E-state index is 6.74. The number of ether oxygens (including phenoxy) is 1. The van der Waals surface area contributed by atoms with Gasteiger partial charge in [0.05, 0.1) is 0 Å². The third-order valence-electron chi connectivity index (χ3n) is 7.43. The number of allylic oxidation sites excluding steroid dienone is 9. The summed E-state index contributed by atoms with van der Waals surface area (Å²) in [6, 6.07) is 13.1. The molecular weight excluding hydrogens is 460 g/mol. The van der Waals surface area contributed by atoms with Crippen molar-refractivity contribution in [3.05, 3.63) is 124 Å². The molecule has 2 aliphatic carbocycles. The molecular formula is C34H35ClO. The molecule has 1 nitrogen and oxygen atoms in total. The largest absolute Gasteiger partial charge is 0.461 e. The highest BCUT2D eigenvalue weighted by molar-refractivity contribution is 6.31. The molecule has 2 aromatic carbocycles. The zero-order valence-electron chi connectivity index (χ0n) is 21.4. The van der Waals surface area contributed by atoms with Crippen LogP contribution in [0.4, 0.5) is 0 Å². The van der Waals surface area contributed by atoms with Crippen LogP contribution in [0.3, 0.4) is 0 Å². The Morgan fingerprint density at radius 1 is 1.03 bits per heavy atom. The SMILES string of the molecule is C=C1OC2=C(c3cc(Cl)cc(-c4cccc(CC)c4CCC)c3)C=CC(CC=C1C1=CCCC=C1)C2. The number of hydrogen-bond donors (Lipinski definition) is 0. The summed E-state index contributed by atoms with van der Waals surface area (Å²) in [5.74, 6) is 2.15. The lowest BCUT2D eigenvalue weighted by Gasteiger charge is -2.27. The summed E-state index contributed by atoms with van der Waals surface area (Å²) in [5.41, 5.74) is 9.86. The van der Waals surface area contributed by atoms with Crippen LogP contribution in [0.25, 0.3) is 16.7 Å². The molecule has 0 radical (unpaired) electrons. The second-order valence-electron chi connectivity index (χ2n) is 9.95. The highest BCUT2D eigenvalue weighted by Gasteiger charge is 2.24. The van der Waals surface area contributed by atoms with Gasteiger partial charge in [0.25, 0.3) is 0 Å². The molecule has 1 heterocycles. The molecule has 1 unspecified atom stereocenters. The molecule has 1 aliphatic heterocycles. The van der Waals surface area contributed by atoms with Crippen molar-refractivity contribution in [3.8, 4) is 11.1 Å². The first kappa shape index (κ1) is 24.7. The van der Waals surface area contributed by atoms with Crippen molar-refractivity contribution in [3.63, 3.8) is 0 Å². The van der Waals surface area contributed by atoms with E-state index in [1.54, 1.807) is 0 Å². The Bertz CT molecular complexity index is 1330. The van der Waals surface area contributed by atoms with E-state index >= 15 is 0 Å². The van der Waals surface area contributed by atoms with Crippen molar-refractivity contribution in [2.24, 2.45) is 5.92 Å². The number of hydrogen-bond acceptors (Lipinski definition) is 1. The monoisotopic (exact) mass is 494 g/mol. The summed E-state index contributed by atoms with van der Waals surface area (Å²) in [4.78, 5) is 0. The van der Waals surface area contributed by atoms with E-state index in [-0.39, 0.29) is 0 Å². The van der Waals surface area contributed by atoms with Gasteiger partial charge in [0.15, 0.2) is 0 Å². The lowest BCUT2D eigenvalue weighted by molar-refractivity contribution is 0.286.